The summed E-state index contributed by atoms with van der Waals surface area (Å²) in [5.41, 5.74) is 0.195. The SMILES string of the molecule is CCN(CC)S(=O)(=O)c1ccc(Cl)c(C(=O)N(Cc2ccco2)C2CCN(C)CC2)c1. The number of sulfonamides is 1. The van der Waals surface area contributed by atoms with Gasteiger partial charge in [-0.05, 0) is 63.3 Å². The molecule has 2 heterocycles. The van der Waals surface area contributed by atoms with Crippen LogP contribution in [0.4, 0.5) is 0 Å². The first-order valence-electron chi connectivity index (χ1n) is 10.6. The molecule has 1 aliphatic heterocycles. The predicted octanol–water partition coefficient (Wildman–Crippen LogP) is 3.70. The number of carbonyl (C=O) groups is 1. The van der Waals surface area contributed by atoms with Gasteiger partial charge in [0.05, 0.1) is 28.3 Å². The van der Waals surface area contributed by atoms with E-state index < -0.39 is 10.0 Å². The van der Waals surface area contributed by atoms with Crippen molar-refractivity contribution in [1.29, 1.82) is 0 Å². The molecule has 1 saturated heterocycles. The molecule has 1 aliphatic rings. The van der Waals surface area contributed by atoms with Crippen molar-refractivity contribution in [3.8, 4) is 0 Å². The lowest BCUT2D eigenvalue weighted by Gasteiger charge is -2.37. The van der Waals surface area contributed by atoms with E-state index in [1.807, 2.05) is 6.07 Å². The van der Waals surface area contributed by atoms with Gasteiger partial charge in [0.2, 0.25) is 10.0 Å². The zero-order valence-electron chi connectivity index (χ0n) is 18.3. The zero-order chi connectivity index (χ0) is 22.6. The molecular formula is C22H30ClN3O4S. The van der Waals surface area contributed by atoms with Gasteiger partial charge in [0.1, 0.15) is 5.76 Å². The Morgan fingerprint density at radius 3 is 2.45 bits per heavy atom. The maximum atomic E-state index is 13.6. The third-order valence-electron chi connectivity index (χ3n) is 5.81. The van der Waals surface area contributed by atoms with Gasteiger partial charge >= 0.3 is 0 Å². The van der Waals surface area contributed by atoms with Gasteiger partial charge in [0.25, 0.3) is 5.91 Å². The van der Waals surface area contributed by atoms with Crippen LogP contribution in [0.2, 0.25) is 5.02 Å². The van der Waals surface area contributed by atoms with Crippen LogP contribution in [0.3, 0.4) is 0 Å². The van der Waals surface area contributed by atoms with E-state index in [-0.39, 0.29) is 27.4 Å². The molecule has 1 aromatic heterocycles. The number of likely N-dealkylation sites (tertiary alicyclic amines) is 1. The summed E-state index contributed by atoms with van der Waals surface area (Å²) in [5, 5.41) is 0.237. The number of carbonyl (C=O) groups excluding carboxylic acids is 1. The number of halogens is 1. The second kappa shape index (κ2) is 10.2. The molecule has 0 aliphatic carbocycles. The third-order valence-corrected chi connectivity index (χ3v) is 8.18. The first-order valence-corrected chi connectivity index (χ1v) is 12.4. The van der Waals surface area contributed by atoms with Crippen LogP contribution >= 0.6 is 11.6 Å². The van der Waals surface area contributed by atoms with E-state index in [2.05, 4.69) is 11.9 Å². The Morgan fingerprint density at radius 1 is 1.19 bits per heavy atom. The fourth-order valence-corrected chi connectivity index (χ4v) is 5.62. The van der Waals surface area contributed by atoms with E-state index in [0.29, 0.717) is 25.4 Å². The van der Waals surface area contributed by atoms with E-state index in [4.69, 9.17) is 16.0 Å². The summed E-state index contributed by atoms with van der Waals surface area (Å²) in [7, 11) is -1.64. The van der Waals surface area contributed by atoms with E-state index >= 15 is 0 Å². The summed E-state index contributed by atoms with van der Waals surface area (Å²) in [5.74, 6) is 0.392. The average molecular weight is 468 g/mol. The standard InChI is InChI=1S/C22H30ClN3O4S/c1-4-25(5-2)31(28,29)19-8-9-21(23)20(15-19)22(27)26(16-18-7-6-14-30-18)17-10-12-24(3)13-11-17/h6-9,14-15,17H,4-5,10-13,16H2,1-3H3. The van der Waals surface area contributed by atoms with Crippen LogP contribution in [-0.4, -0.2) is 67.7 Å². The lowest BCUT2D eigenvalue weighted by molar-refractivity contribution is 0.0550. The van der Waals surface area contributed by atoms with Crippen molar-refractivity contribution >= 4 is 27.5 Å². The highest BCUT2D eigenvalue weighted by Gasteiger charge is 2.31. The maximum Gasteiger partial charge on any atom is 0.256 e. The smallest absolute Gasteiger partial charge is 0.256 e. The van der Waals surface area contributed by atoms with Crippen molar-refractivity contribution in [2.45, 2.75) is 44.2 Å². The molecule has 0 spiro atoms. The summed E-state index contributed by atoms with van der Waals surface area (Å²) in [4.78, 5) is 17.7. The Balaban J connectivity index is 1.96. The zero-order valence-corrected chi connectivity index (χ0v) is 19.8. The van der Waals surface area contributed by atoms with Gasteiger partial charge in [-0.15, -0.1) is 0 Å². The van der Waals surface area contributed by atoms with Gasteiger partial charge < -0.3 is 14.2 Å². The second-order valence-electron chi connectivity index (χ2n) is 7.78. The highest BCUT2D eigenvalue weighted by Crippen LogP contribution is 2.27. The Bertz CT molecular complexity index is 982. The molecular weight excluding hydrogens is 438 g/mol. The number of rotatable bonds is 8. The normalized spacial score (nSPS) is 16.0. The van der Waals surface area contributed by atoms with Crippen LogP contribution in [0, 0.1) is 0 Å². The first-order chi connectivity index (χ1) is 14.8. The second-order valence-corrected chi connectivity index (χ2v) is 10.1. The van der Waals surface area contributed by atoms with Crippen LogP contribution in [0.15, 0.2) is 45.9 Å². The summed E-state index contributed by atoms with van der Waals surface area (Å²) in [6.45, 7) is 6.36. The topological polar surface area (TPSA) is 74.1 Å². The number of piperidine rings is 1. The fraction of sp³-hybridized carbons (Fsp3) is 0.500. The minimum Gasteiger partial charge on any atom is -0.467 e. The van der Waals surface area contributed by atoms with Gasteiger partial charge in [-0.3, -0.25) is 4.79 Å². The first kappa shape index (κ1) is 23.8. The molecule has 1 fully saturated rings. The van der Waals surface area contributed by atoms with Gasteiger partial charge in [0, 0.05) is 19.1 Å². The molecule has 0 saturated carbocycles. The van der Waals surface area contributed by atoms with Crippen molar-refractivity contribution in [2.24, 2.45) is 0 Å². The van der Waals surface area contributed by atoms with E-state index in [9.17, 15) is 13.2 Å². The molecule has 0 unspecified atom stereocenters. The molecule has 0 N–H and O–H groups in total. The molecule has 2 aromatic rings. The number of nitrogens with zero attached hydrogens (tertiary/aromatic N) is 3. The Hall–Kier alpha value is -1.87. The molecule has 0 radical (unpaired) electrons. The molecule has 1 aromatic carbocycles. The Kier molecular flexibility index (Phi) is 7.80. The van der Waals surface area contributed by atoms with E-state index in [0.717, 1.165) is 25.9 Å². The highest BCUT2D eigenvalue weighted by atomic mass is 35.5. The van der Waals surface area contributed by atoms with Crippen molar-refractivity contribution in [3.05, 3.63) is 52.9 Å². The molecule has 170 valence electrons. The quantitative estimate of drug-likeness (QED) is 0.591. The molecule has 7 nitrogen and oxygen atoms in total. The van der Waals surface area contributed by atoms with Crippen molar-refractivity contribution < 1.29 is 17.6 Å². The lowest BCUT2D eigenvalue weighted by Crippen LogP contribution is -2.46. The Labute approximate surface area is 189 Å². The largest absolute Gasteiger partial charge is 0.467 e. The summed E-state index contributed by atoms with van der Waals surface area (Å²) in [6, 6.07) is 7.99. The van der Waals surface area contributed by atoms with Crippen LogP contribution < -0.4 is 0 Å². The van der Waals surface area contributed by atoms with Crippen molar-refractivity contribution in [1.82, 2.24) is 14.1 Å². The van der Waals surface area contributed by atoms with E-state index in [1.54, 1.807) is 31.1 Å². The molecule has 0 atom stereocenters. The summed E-state index contributed by atoms with van der Waals surface area (Å²) in [6.07, 6.45) is 3.24. The molecule has 31 heavy (non-hydrogen) atoms. The van der Waals surface area contributed by atoms with Crippen LogP contribution in [0.5, 0.6) is 0 Å². The molecule has 1 amide bonds. The minimum atomic E-state index is -3.70. The van der Waals surface area contributed by atoms with Gasteiger partial charge in [-0.25, -0.2) is 8.42 Å². The van der Waals surface area contributed by atoms with Crippen LogP contribution in [0.25, 0.3) is 0 Å². The Morgan fingerprint density at radius 2 is 1.87 bits per heavy atom. The molecule has 0 bridgehead atoms. The molecule has 9 heteroatoms. The lowest BCUT2D eigenvalue weighted by atomic mass is 10.0. The predicted molar refractivity (Wildman–Crippen MR) is 121 cm³/mol. The fourth-order valence-electron chi connectivity index (χ4n) is 3.94. The van der Waals surface area contributed by atoms with Gasteiger partial charge in [-0.1, -0.05) is 25.4 Å². The van der Waals surface area contributed by atoms with Gasteiger partial charge in [-0.2, -0.15) is 4.31 Å². The number of amides is 1. The monoisotopic (exact) mass is 467 g/mol. The number of hydrogen-bond acceptors (Lipinski definition) is 5. The van der Waals surface area contributed by atoms with Crippen LogP contribution in [-0.2, 0) is 16.6 Å². The molecule has 3 rings (SSSR count). The minimum absolute atomic E-state index is 0.0212. The van der Waals surface area contributed by atoms with Crippen molar-refractivity contribution in [2.75, 3.05) is 33.2 Å². The number of furan rings is 1. The third kappa shape index (κ3) is 5.31. The number of benzene rings is 1. The van der Waals surface area contributed by atoms with E-state index in [1.165, 1.54) is 22.5 Å². The highest BCUT2D eigenvalue weighted by molar-refractivity contribution is 7.89. The average Bonchev–Trinajstić information content (AvgIpc) is 3.26. The van der Waals surface area contributed by atoms with Crippen LogP contribution in [0.1, 0.15) is 42.8 Å². The maximum absolute atomic E-state index is 13.6. The van der Waals surface area contributed by atoms with Gasteiger partial charge in [0.15, 0.2) is 0 Å². The summed E-state index contributed by atoms with van der Waals surface area (Å²) < 4.78 is 32.8. The van der Waals surface area contributed by atoms with Crippen molar-refractivity contribution in [3.63, 3.8) is 0 Å². The number of hydrogen-bond donors (Lipinski definition) is 0. The summed E-state index contributed by atoms with van der Waals surface area (Å²) >= 11 is 6.39.